The van der Waals surface area contributed by atoms with Crippen LogP contribution in [0.1, 0.15) is 48.9 Å². The maximum atomic E-state index is 12.7. The van der Waals surface area contributed by atoms with Crippen molar-refractivity contribution in [2.45, 2.75) is 47.5 Å². The molecule has 5 nitrogen and oxygen atoms in total. The van der Waals surface area contributed by atoms with E-state index >= 15 is 0 Å². The molecule has 0 saturated carbocycles. The topological polar surface area (TPSA) is 71.3 Å². The first-order chi connectivity index (χ1) is 14.4. The molecule has 0 radical (unpaired) electrons. The molecule has 2 aromatic rings. The molecule has 2 aromatic carbocycles. The number of nitrogens with one attached hydrogen (secondary N) is 1. The molecule has 0 aromatic heterocycles. The van der Waals surface area contributed by atoms with Crippen molar-refractivity contribution in [1.82, 2.24) is 0 Å². The summed E-state index contributed by atoms with van der Waals surface area (Å²) in [4.78, 5) is 12.7. The number of aryl methyl sites for hydroxylation is 3. The van der Waals surface area contributed by atoms with E-state index in [1.165, 1.54) is 0 Å². The summed E-state index contributed by atoms with van der Waals surface area (Å²) in [6.45, 7) is 11.0. The maximum absolute atomic E-state index is 12.7. The van der Waals surface area contributed by atoms with Crippen molar-refractivity contribution < 1.29 is 14.3 Å². The Hall–Kier alpha value is -3.26. The van der Waals surface area contributed by atoms with E-state index in [2.05, 4.69) is 12.2 Å². The van der Waals surface area contributed by atoms with Crippen molar-refractivity contribution in [3.8, 4) is 17.6 Å². The summed E-state index contributed by atoms with van der Waals surface area (Å²) in [6.07, 6.45) is 3.57. The van der Waals surface area contributed by atoms with E-state index in [0.717, 1.165) is 35.2 Å². The summed E-state index contributed by atoms with van der Waals surface area (Å²) in [5.74, 6) is 0.829. The molecular formula is C25H30N2O3. The molecule has 0 bridgehead atoms. The molecule has 0 aliphatic rings. The lowest BCUT2D eigenvalue weighted by Gasteiger charge is -2.13. The molecule has 0 unspecified atom stereocenters. The Balaban J connectivity index is 2.27. The lowest BCUT2D eigenvalue weighted by Crippen LogP contribution is -2.15. The van der Waals surface area contributed by atoms with Crippen LogP contribution >= 0.6 is 0 Å². The number of carbonyl (C=O) groups is 1. The van der Waals surface area contributed by atoms with Gasteiger partial charge in [0.25, 0.3) is 5.91 Å². The van der Waals surface area contributed by atoms with Crippen LogP contribution in [0.15, 0.2) is 35.9 Å². The number of hydrogen-bond donors (Lipinski definition) is 1. The minimum Gasteiger partial charge on any atom is -0.490 e. The van der Waals surface area contributed by atoms with E-state index in [4.69, 9.17) is 9.47 Å². The first kappa shape index (κ1) is 23.0. The molecule has 30 heavy (non-hydrogen) atoms. The van der Waals surface area contributed by atoms with Gasteiger partial charge in [-0.15, -0.1) is 0 Å². The van der Waals surface area contributed by atoms with Crippen molar-refractivity contribution in [3.05, 3.63) is 58.2 Å². The van der Waals surface area contributed by atoms with Gasteiger partial charge in [0.05, 0.1) is 13.2 Å². The first-order valence-electron chi connectivity index (χ1n) is 10.3. The van der Waals surface area contributed by atoms with Crippen molar-refractivity contribution in [1.29, 1.82) is 5.26 Å². The predicted molar refractivity (Wildman–Crippen MR) is 121 cm³/mol. The fourth-order valence-corrected chi connectivity index (χ4v) is 3.20. The normalized spacial score (nSPS) is 11.0. The molecule has 0 heterocycles. The number of nitriles is 1. The predicted octanol–water partition coefficient (Wildman–Crippen LogP) is 5.74. The number of anilines is 1. The summed E-state index contributed by atoms with van der Waals surface area (Å²) in [5.41, 5.74) is 4.52. The Labute approximate surface area is 179 Å². The minimum atomic E-state index is -0.436. The van der Waals surface area contributed by atoms with Crippen molar-refractivity contribution in [2.75, 3.05) is 18.5 Å². The highest BCUT2D eigenvalue weighted by molar-refractivity contribution is 6.10. The van der Waals surface area contributed by atoms with Gasteiger partial charge in [0.15, 0.2) is 11.5 Å². The summed E-state index contributed by atoms with van der Waals surface area (Å²) in [6, 6.07) is 11.4. The quantitative estimate of drug-likeness (QED) is 0.328. The number of unbranched alkanes of at least 4 members (excludes halogenated alkanes) is 1. The van der Waals surface area contributed by atoms with E-state index in [1.807, 2.05) is 58.0 Å². The second kappa shape index (κ2) is 11.1. The highest BCUT2D eigenvalue weighted by Gasteiger charge is 2.14. The third-order valence-electron chi connectivity index (χ3n) is 4.61. The number of rotatable bonds is 9. The number of benzene rings is 2. The zero-order chi connectivity index (χ0) is 22.1. The molecule has 0 aliphatic heterocycles. The van der Waals surface area contributed by atoms with E-state index in [0.29, 0.717) is 30.3 Å². The number of ether oxygens (including phenoxy) is 2. The molecule has 5 heteroatoms. The van der Waals surface area contributed by atoms with Crippen LogP contribution in [0.4, 0.5) is 5.69 Å². The SMILES string of the molecule is CCCCOc1ccc(/C=C(\C#N)C(=O)Nc2c(C)cc(C)cc2C)cc1OCC. The Morgan fingerprint density at radius 1 is 1.07 bits per heavy atom. The second-order valence-electron chi connectivity index (χ2n) is 7.24. The van der Waals surface area contributed by atoms with Gasteiger partial charge in [-0.3, -0.25) is 4.79 Å². The van der Waals surface area contributed by atoms with Crippen LogP contribution in [0.3, 0.4) is 0 Å². The smallest absolute Gasteiger partial charge is 0.266 e. The lowest BCUT2D eigenvalue weighted by atomic mass is 10.0. The molecule has 0 spiro atoms. The molecule has 2 rings (SSSR count). The van der Waals surface area contributed by atoms with Crippen LogP contribution in [-0.2, 0) is 4.79 Å². The number of hydrogen-bond acceptors (Lipinski definition) is 4. The third-order valence-corrected chi connectivity index (χ3v) is 4.61. The van der Waals surface area contributed by atoms with E-state index in [9.17, 15) is 10.1 Å². The summed E-state index contributed by atoms with van der Waals surface area (Å²) in [5, 5.41) is 12.4. The molecule has 0 fully saturated rings. The molecule has 1 amide bonds. The average molecular weight is 407 g/mol. The number of nitrogens with zero attached hydrogens (tertiary/aromatic N) is 1. The van der Waals surface area contributed by atoms with Gasteiger partial charge in [-0.25, -0.2) is 0 Å². The molecule has 0 saturated heterocycles. The van der Waals surface area contributed by atoms with Gasteiger partial charge >= 0.3 is 0 Å². The summed E-state index contributed by atoms with van der Waals surface area (Å²) >= 11 is 0. The van der Waals surface area contributed by atoms with Crippen LogP contribution in [-0.4, -0.2) is 19.1 Å². The van der Waals surface area contributed by atoms with Gasteiger partial charge in [-0.1, -0.05) is 37.1 Å². The Kier molecular flexibility index (Phi) is 8.49. The first-order valence-corrected chi connectivity index (χ1v) is 10.3. The van der Waals surface area contributed by atoms with E-state index in [-0.39, 0.29) is 5.57 Å². The summed E-state index contributed by atoms with van der Waals surface area (Å²) in [7, 11) is 0. The van der Waals surface area contributed by atoms with Gasteiger partial charge in [0.1, 0.15) is 11.6 Å². The molecular weight excluding hydrogens is 376 g/mol. The average Bonchev–Trinajstić information content (AvgIpc) is 2.70. The van der Waals surface area contributed by atoms with Gasteiger partial charge in [0, 0.05) is 5.69 Å². The fraction of sp³-hybridized carbons (Fsp3) is 0.360. The molecule has 158 valence electrons. The van der Waals surface area contributed by atoms with Gasteiger partial charge in [-0.2, -0.15) is 5.26 Å². The highest BCUT2D eigenvalue weighted by Crippen LogP contribution is 2.30. The monoisotopic (exact) mass is 406 g/mol. The maximum Gasteiger partial charge on any atom is 0.266 e. The largest absolute Gasteiger partial charge is 0.490 e. The summed E-state index contributed by atoms with van der Waals surface area (Å²) < 4.78 is 11.5. The third kappa shape index (κ3) is 6.12. The van der Waals surface area contributed by atoms with Crippen molar-refractivity contribution in [3.63, 3.8) is 0 Å². The molecule has 1 N–H and O–H groups in total. The number of amides is 1. The molecule has 0 atom stereocenters. The van der Waals surface area contributed by atoms with Gasteiger partial charge in [-0.05, 0) is 69.0 Å². The van der Waals surface area contributed by atoms with Crippen LogP contribution in [0.2, 0.25) is 0 Å². The minimum absolute atomic E-state index is 0.0245. The van der Waals surface area contributed by atoms with Crippen LogP contribution < -0.4 is 14.8 Å². The van der Waals surface area contributed by atoms with Gasteiger partial charge in [0.2, 0.25) is 0 Å². The zero-order valence-corrected chi connectivity index (χ0v) is 18.5. The zero-order valence-electron chi connectivity index (χ0n) is 18.5. The van der Waals surface area contributed by atoms with Crippen LogP contribution in [0.5, 0.6) is 11.5 Å². The number of carbonyl (C=O) groups excluding carboxylic acids is 1. The van der Waals surface area contributed by atoms with Crippen molar-refractivity contribution >= 4 is 17.7 Å². The van der Waals surface area contributed by atoms with Crippen LogP contribution in [0, 0.1) is 32.1 Å². The lowest BCUT2D eigenvalue weighted by molar-refractivity contribution is -0.112. The fourth-order valence-electron chi connectivity index (χ4n) is 3.20. The Morgan fingerprint density at radius 3 is 2.37 bits per heavy atom. The highest BCUT2D eigenvalue weighted by atomic mass is 16.5. The Morgan fingerprint density at radius 2 is 1.77 bits per heavy atom. The Bertz CT molecular complexity index is 948. The van der Waals surface area contributed by atoms with Crippen molar-refractivity contribution in [2.24, 2.45) is 0 Å². The standard InChI is InChI=1S/C25H30N2O3/c1-6-8-11-30-22-10-9-20(15-23(22)29-7-2)14-21(16-26)25(28)27-24-18(4)12-17(3)13-19(24)5/h9-10,12-15H,6-8,11H2,1-5H3,(H,27,28)/b21-14+. The molecule has 0 aliphatic carbocycles. The van der Waals surface area contributed by atoms with E-state index in [1.54, 1.807) is 12.1 Å². The van der Waals surface area contributed by atoms with E-state index < -0.39 is 5.91 Å². The second-order valence-corrected chi connectivity index (χ2v) is 7.24. The van der Waals surface area contributed by atoms with Crippen LogP contribution in [0.25, 0.3) is 6.08 Å². The van der Waals surface area contributed by atoms with Gasteiger partial charge < -0.3 is 14.8 Å².